The molecule has 0 fully saturated rings. The second kappa shape index (κ2) is 14.7. The first-order valence-electron chi connectivity index (χ1n) is 12.6. The quantitative estimate of drug-likeness (QED) is 0.319. The summed E-state index contributed by atoms with van der Waals surface area (Å²) in [6.45, 7) is 17.5. The average molecular weight is 455 g/mol. The third kappa shape index (κ3) is 9.98. The second-order valence-corrected chi connectivity index (χ2v) is 9.84. The molecule has 4 nitrogen and oxygen atoms in total. The van der Waals surface area contributed by atoms with Crippen LogP contribution in [0, 0.1) is 18.8 Å². The molecule has 0 aliphatic heterocycles. The van der Waals surface area contributed by atoms with Crippen molar-refractivity contribution >= 4 is 11.8 Å². The number of rotatable bonds is 15. The number of carbonyl (C=O) groups is 2. The van der Waals surface area contributed by atoms with Gasteiger partial charge in [-0.1, -0.05) is 75.8 Å². The minimum Gasteiger partial charge on any atom is -0.354 e. The van der Waals surface area contributed by atoms with Gasteiger partial charge in [-0.05, 0) is 63.4 Å². The zero-order valence-electron chi connectivity index (χ0n) is 21.8. The maximum Gasteiger partial charge on any atom is 0.245 e. The highest BCUT2D eigenvalue weighted by Crippen LogP contribution is 2.27. The van der Waals surface area contributed by atoms with E-state index in [-0.39, 0.29) is 18.2 Å². The number of carbonyl (C=O) groups excluding carboxylic acids is 2. The predicted octanol–water partition coefficient (Wildman–Crippen LogP) is 6.25. The summed E-state index contributed by atoms with van der Waals surface area (Å²) in [5, 5.41) is 3.13. The van der Waals surface area contributed by atoms with Crippen molar-refractivity contribution in [3.63, 3.8) is 0 Å². The lowest BCUT2D eigenvalue weighted by Crippen LogP contribution is -2.59. The fraction of sp³-hybridized carbons (Fsp3) is 0.586. The maximum absolute atomic E-state index is 13.5. The lowest BCUT2D eigenvalue weighted by atomic mass is 9.87. The van der Waals surface area contributed by atoms with Gasteiger partial charge in [0.1, 0.15) is 5.54 Å². The van der Waals surface area contributed by atoms with Crippen LogP contribution in [0.15, 0.2) is 49.1 Å². The highest BCUT2D eigenvalue weighted by molar-refractivity contribution is 5.91. The van der Waals surface area contributed by atoms with Crippen LogP contribution in [0.1, 0.15) is 77.8 Å². The Morgan fingerprint density at radius 2 is 1.82 bits per heavy atom. The molecule has 1 aromatic carbocycles. The lowest BCUT2D eigenvalue weighted by molar-refractivity contribution is -0.147. The summed E-state index contributed by atoms with van der Waals surface area (Å²) >= 11 is 0. The monoisotopic (exact) mass is 454 g/mol. The third-order valence-electron chi connectivity index (χ3n) is 6.24. The van der Waals surface area contributed by atoms with Gasteiger partial charge in [-0.15, -0.1) is 6.58 Å². The minimum absolute atomic E-state index is 0.0459. The Morgan fingerprint density at radius 3 is 2.39 bits per heavy atom. The van der Waals surface area contributed by atoms with Crippen molar-refractivity contribution in [1.29, 1.82) is 0 Å². The summed E-state index contributed by atoms with van der Waals surface area (Å²) in [7, 11) is 0. The van der Waals surface area contributed by atoms with Crippen LogP contribution in [0.2, 0.25) is 0 Å². The first-order chi connectivity index (χ1) is 15.6. The number of aryl methyl sites for hydroxylation is 1. The molecule has 1 N–H and O–H groups in total. The van der Waals surface area contributed by atoms with Crippen LogP contribution in [0.3, 0.4) is 0 Å². The van der Waals surface area contributed by atoms with E-state index in [9.17, 15) is 9.59 Å². The Morgan fingerprint density at radius 1 is 1.15 bits per heavy atom. The smallest absolute Gasteiger partial charge is 0.245 e. The van der Waals surface area contributed by atoms with E-state index >= 15 is 0 Å². The van der Waals surface area contributed by atoms with Crippen LogP contribution in [-0.2, 0) is 16.0 Å². The molecule has 0 radical (unpaired) electrons. The van der Waals surface area contributed by atoms with E-state index < -0.39 is 5.54 Å². The summed E-state index contributed by atoms with van der Waals surface area (Å²) < 4.78 is 0. The summed E-state index contributed by atoms with van der Waals surface area (Å²) in [5.74, 6) is 0.753. The van der Waals surface area contributed by atoms with Crippen LogP contribution in [0.25, 0.3) is 0 Å². The molecule has 0 spiro atoms. The number of allylic oxidation sites excluding steroid dienone is 2. The van der Waals surface area contributed by atoms with E-state index in [2.05, 4.69) is 82.9 Å². The van der Waals surface area contributed by atoms with Crippen LogP contribution in [0.5, 0.6) is 0 Å². The van der Waals surface area contributed by atoms with Gasteiger partial charge < -0.3 is 10.2 Å². The third-order valence-corrected chi connectivity index (χ3v) is 6.24. The topological polar surface area (TPSA) is 49.4 Å². The van der Waals surface area contributed by atoms with Crippen LogP contribution < -0.4 is 5.32 Å². The molecule has 0 saturated heterocycles. The second-order valence-electron chi connectivity index (χ2n) is 9.84. The number of hydrogen-bond donors (Lipinski definition) is 1. The normalized spacial score (nSPS) is 14.2. The van der Waals surface area contributed by atoms with Gasteiger partial charge in [-0.3, -0.25) is 9.59 Å². The van der Waals surface area contributed by atoms with Gasteiger partial charge in [0.05, 0.1) is 0 Å². The molecule has 2 atom stereocenters. The van der Waals surface area contributed by atoms with Gasteiger partial charge in [-0.2, -0.15) is 0 Å². The molecule has 0 bridgehead atoms. The number of hydrogen-bond acceptors (Lipinski definition) is 2. The molecule has 0 aromatic heterocycles. The number of benzene rings is 1. The molecule has 1 rings (SSSR count). The average Bonchev–Trinajstić information content (AvgIpc) is 2.77. The van der Waals surface area contributed by atoms with E-state index in [4.69, 9.17) is 0 Å². The Hall–Kier alpha value is -2.36. The SMILES string of the molecule is C=CCC(=O)N(CCc1ccc(C)cc1)C(C)(CCC(C)/C=C\CC)C(=O)NCCC(C)C. The Balaban J connectivity index is 3.16. The Labute approximate surface area is 202 Å². The lowest BCUT2D eigenvalue weighted by Gasteiger charge is -2.41. The van der Waals surface area contributed by atoms with Crippen LogP contribution >= 0.6 is 0 Å². The molecule has 0 aliphatic rings. The van der Waals surface area contributed by atoms with Gasteiger partial charge in [0.2, 0.25) is 11.8 Å². The van der Waals surface area contributed by atoms with Crippen LogP contribution in [0.4, 0.5) is 0 Å². The van der Waals surface area contributed by atoms with Gasteiger partial charge >= 0.3 is 0 Å². The molecular formula is C29H46N2O2. The molecule has 0 heterocycles. The zero-order chi connectivity index (χ0) is 24.9. The summed E-state index contributed by atoms with van der Waals surface area (Å²) in [4.78, 5) is 28.6. The molecule has 33 heavy (non-hydrogen) atoms. The first kappa shape index (κ1) is 28.7. The number of nitrogens with one attached hydrogen (secondary N) is 1. The largest absolute Gasteiger partial charge is 0.354 e. The van der Waals surface area contributed by atoms with Crippen molar-refractivity contribution in [3.05, 3.63) is 60.2 Å². The molecular weight excluding hydrogens is 408 g/mol. The van der Waals surface area contributed by atoms with Crippen molar-refractivity contribution in [2.45, 2.75) is 85.6 Å². The van der Waals surface area contributed by atoms with Gasteiger partial charge in [0.25, 0.3) is 0 Å². The highest BCUT2D eigenvalue weighted by atomic mass is 16.2. The van der Waals surface area contributed by atoms with Crippen molar-refractivity contribution in [2.24, 2.45) is 11.8 Å². The van der Waals surface area contributed by atoms with E-state index in [0.717, 1.165) is 19.3 Å². The summed E-state index contributed by atoms with van der Waals surface area (Å²) in [6.07, 6.45) is 10.3. The molecule has 0 aliphatic carbocycles. The van der Waals surface area contributed by atoms with Gasteiger partial charge in [0.15, 0.2) is 0 Å². The zero-order valence-corrected chi connectivity index (χ0v) is 21.8. The Kier molecular flexibility index (Phi) is 12.8. The molecule has 0 saturated carbocycles. The number of amides is 2. The number of nitrogens with zero attached hydrogens (tertiary/aromatic N) is 1. The minimum atomic E-state index is -0.907. The van der Waals surface area contributed by atoms with E-state index in [1.54, 1.807) is 11.0 Å². The molecule has 184 valence electrons. The van der Waals surface area contributed by atoms with Crippen LogP contribution in [-0.4, -0.2) is 35.3 Å². The van der Waals surface area contributed by atoms with E-state index in [1.807, 2.05) is 6.92 Å². The Bertz CT molecular complexity index is 766. The molecule has 4 heteroatoms. The van der Waals surface area contributed by atoms with Crippen molar-refractivity contribution < 1.29 is 9.59 Å². The summed E-state index contributed by atoms with van der Waals surface area (Å²) in [5.41, 5.74) is 1.47. The standard InChI is InChI=1S/C29H46N2O2/c1-8-10-12-24(5)17-20-29(7,28(33)30-21-18-23(3)4)31(27(32)11-9-2)22-19-26-15-13-25(6)14-16-26/h9-10,12-16,23-24H,2,8,11,17-22H2,1,3-7H3,(H,30,33)/b12-10-. The van der Waals surface area contributed by atoms with E-state index in [0.29, 0.717) is 37.8 Å². The van der Waals surface area contributed by atoms with Crippen molar-refractivity contribution in [2.75, 3.05) is 13.1 Å². The van der Waals surface area contributed by atoms with E-state index in [1.165, 1.54) is 11.1 Å². The molecule has 2 amide bonds. The first-order valence-corrected chi connectivity index (χ1v) is 12.6. The predicted molar refractivity (Wildman–Crippen MR) is 140 cm³/mol. The van der Waals surface area contributed by atoms with Crippen molar-refractivity contribution in [1.82, 2.24) is 10.2 Å². The van der Waals surface area contributed by atoms with Gasteiger partial charge in [0, 0.05) is 19.5 Å². The van der Waals surface area contributed by atoms with Crippen molar-refractivity contribution in [3.8, 4) is 0 Å². The maximum atomic E-state index is 13.5. The fourth-order valence-electron chi connectivity index (χ4n) is 3.89. The molecule has 2 unspecified atom stereocenters. The molecule has 1 aromatic rings. The highest BCUT2D eigenvalue weighted by Gasteiger charge is 2.41. The van der Waals surface area contributed by atoms with Gasteiger partial charge in [-0.25, -0.2) is 0 Å². The summed E-state index contributed by atoms with van der Waals surface area (Å²) in [6, 6.07) is 8.38. The fourth-order valence-corrected chi connectivity index (χ4v) is 3.89.